The predicted molar refractivity (Wildman–Crippen MR) is 76.3 cm³/mol. The Morgan fingerprint density at radius 1 is 1.28 bits per heavy atom. The molecule has 0 aliphatic heterocycles. The van der Waals surface area contributed by atoms with Gasteiger partial charge in [0.1, 0.15) is 5.82 Å². The van der Waals surface area contributed by atoms with Gasteiger partial charge in [0.05, 0.1) is 14.7 Å². The van der Waals surface area contributed by atoms with E-state index in [2.05, 4.69) is 5.32 Å². The highest BCUT2D eigenvalue weighted by Gasteiger charge is 2.21. The number of hydrogen-bond donors (Lipinski definition) is 1. The Bertz CT molecular complexity index is 542. The van der Waals surface area contributed by atoms with E-state index in [1.807, 2.05) is 13.0 Å². The number of hydrogen-bond acceptors (Lipinski definition) is 2. The van der Waals surface area contributed by atoms with Crippen LogP contribution in [0.2, 0.25) is 8.67 Å². The Hall–Kier alpha value is -0.610. The van der Waals surface area contributed by atoms with Crippen molar-refractivity contribution in [3.05, 3.63) is 55.9 Å². The second-order valence-electron chi connectivity index (χ2n) is 3.79. The van der Waals surface area contributed by atoms with Crippen LogP contribution in [-0.4, -0.2) is 6.54 Å². The van der Waals surface area contributed by atoms with E-state index < -0.39 is 0 Å². The van der Waals surface area contributed by atoms with Crippen molar-refractivity contribution >= 4 is 34.5 Å². The zero-order valence-electron chi connectivity index (χ0n) is 9.71. The van der Waals surface area contributed by atoms with E-state index >= 15 is 0 Å². The molecule has 0 amide bonds. The third-order valence-corrected chi connectivity index (χ3v) is 4.14. The molecule has 1 atom stereocenters. The zero-order valence-corrected chi connectivity index (χ0v) is 12.0. The second kappa shape index (κ2) is 6.02. The average Bonchev–Trinajstić information content (AvgIpc) is 2.66. The lowest BCUT2D eigenvalue weighted by atomic mass is 10.0. The number of rotatable bonds is 4. The van der Waals surface area contributed by atoms with Gasteiger partial charge < -0.3 is 5.32 Å². The summed E-state index contributed by atoms with van der Waals surface area (Å²) in [6, 6.07) is 8.20. The van der Waals surface area contributed by atoms with Gasteiger partial charge in [0, 0.05) is 11.1 Å². The first kappa shape index (κ1) is 13.8. The lowest BCUT2D eigenvalue weighted by Gasteiger charge is -2.18. The van der Waals surface area contributed by atoms with Crippen LogP contribution in [-0.2, 0) is 0 Å². The van der Waals surface area contributed by atoms with Crippen molar-refractivity contribution in [1.82, 2.24) is 5.32 Å². The molecule has 1 heterocycles. The summed E-state index contributed by atoms with van der Waals surface area (Å²) >= 11 is 13.4. The van der Waals surface area contributed by atoms with Gasteiger partial charge in [0.15, 0.2) is 0 Å². The molecule has 0 radical (unpaired) electrons. The van der Waals surface area contributed by atoms with E-state index in [0.29, 0.717) is 20.8 Å². The Morgan fingerprint density at radius 2 is 2.00 bits per heavy atom. The molecule has 1 aromatic heterocycles. The van der Waals surface area contributed by atoms with Gasteiger partial charge in [-0.2, -0.15) is 0 Å². The highest BCUT2D eigenvalue weighted by molar-refractivity contribution is 7.20. The first-order chi connectivity index (χ1) is 8.63. The van der Waals surface area contributed by atoms with Gasteiger partial charge in [-0.3, -0.25) is 0 Å². The molecule has 2 rings (SSSR count). The minimum absolute atomic E-state index is 0.248. The molecule has 5 heteroatoms. The number of benzene rings is 1. The van der Waals surface area contributed by atoms with E-state index in [-0.39, 0.29) is 11.9 Å². The quantitative estimate of drug-likeness (QED) is 0.847. The van der Waals surface area contributed by atoms with Gasteiger partial charge in [-0.25, -0.2) is 4.39 Å². The maximum atomic E-state index is 13.9. The standard InChI is InChI=1S/C13H12Cl2FNS/c1-2-17-12(8-5-3-4-6-10(8)16)9-7-11(14)18-13(9)15/h3-7,12,17H,2H2,1H3. The van der Waals surface area contributed by atoms with Gasteiger partial charge in [-0.05, 0) is 18.7 Å². The Morgan fingerprint density at radius 3 is 2.56 bits per heavy atom. The molecular formula is C13H12Cl2FNS. The monoisotopic (exact) mass is 303 g/mol. The maximum absolute atomic E-state index is 13.9. The summed E-state index contributed by atoms with van der Waals surface area (Å²) in [6.45, 7) is 2.68. The van der Waals surface area contributed by atoms with Crippen LogP contribution in [0.3, 0.4) is 0 Å². The molecule has 0 saturated carbocycles. The number of thiophene rings is 1. The Kier molecular flexibility index (Phi) is 4.62. The molecule has 1 aromatic carbocycles. The van der Waals surface area contributed by atoms with Crippen LogP contribution in [0.25, 0.3) is 0 Å². The summed E-state index contributed by atoms with van der Waals surface area (Å²) in [5.41, 5.74) is 1.40. The van der Waals surface area contributed by atoms with Crippen molar-refractivity contribution in [3.63, 3.8) is 0 Å². The molecule has 0 aliphatic rings. The molecule has 0 spiro atoms. The van der Waals surface area contributed by atoms with Crippen molar-refractivity contribution in [3.8, 4) is 0 Å². The van der Waals surface area contributed by atoms with Gasteiger partial charge in [-0.15, -0.1) is 11.3 Å². The van der Waals surface area contributed by atoms with Gasteiger partial charge in [0.25, 0.3) is 0 Å². The van der Waals surface area contributed by atoms with Gasteiger partial charge in [-0.1, -0.05) is 48.3 Å². The van der Waals surface area contributed by atoms with Crippen molar-refractivity contribution in [1.29, 1.82) is 0 Å². The number of halogens is 3. The van der Waals surface area contributed by atoms with E-state index in [0.717, 1.165) is 5.56 Å². The molecule has 2 aromatic rings. The fourth-order valence-corrected chi connectivity index (χ4v) is 3.38. The molecular weight excluding hydrogens is 292 g/mol. The summed E-state index contributed by atoms with van der Waals surface area (Å²) in [4.78, 5) is 0. The van der Waals surface area contributed by atoms with Crippen LogP contribution in [0, 0.1) is 5.82 Å². The van der Waals surface area contributed by atoms with Crippen LogP contribution >= 0.6 is 34.5 Å². The van der Waals surface area contributed by atoms with E-state index in [9.17, 15) is 4.39 Å². The third-order valence-electron chi connectivity index (χ3n) is 2.62. The predicted octanol–water partition coefficient (Wildman–Crippen LogP) is 4.89. The lowest BCUT2D eigenvalue weighted by molar-refractivity contribution is 0.560. The molecule has 1 nitrogen and oxygen atoms in total. The van der Waals surface area contributed by atoms with Crippen molar-refractivity contribution in [2.24, 2.45) is 0 Å². The first-order valence-electron chi connectivity index (χ1n) is 5.56. The minimum atomic E-state index is -0.271. The molecule has 18 heavy (non-hydrogen) atoms. The topological polar surface area (TPSA) is 12.0 Å². The van der Waals surface area contributed by atoms with Gasteiger partial charge in [0.2, 0.25) is 0 Å². The van der Waals surface area contributed by atoms with Crippen molar-refractivity contribution in [2.75, 3.05) is 6.54 Å². The second-order valence-corrected chi connectivity index (χ2v) is 6.08. The van der Waals surface area contributed by atoms with E-state index in [1.165, 1.54) is 17.4 Å². The molecule has 96 valence electrons. The summed E-state index contributed by atoms with van der Waals surface area (Å²) in [5.74, 6) is -0.248. The van der Waals surface area contributed by atoms with Crippen LogP contribution < -0.4 is 5.32 Å². The summed E-state index contributed by atoms with van der Waals surface area (Å²) in [5, 5.41) is 3.23. The molecule has 1 N–H and O–H groups in total. The van der Waals surface area contributed by atoms with Gasteiger partial charge >= 0.3 is 0 Å². The Labute approximate surface area is 120 Å². The SMILES string of the molecule is CCNC(c1ccccc1F)c1cc(Cl)sc1Cl. The van der Waals surface area contributed by atoms with Crippen LogP contribution in [0.5, 0.6) is 0 Å². The lowest BCUT2D eigenvalue weighted by Crippen LogP contribution is -2.22. The van der Waals surface area contributed by atoms with E-state index in [4.69, 9.17) is 23.2 Å². The summed E-state index contributed by atoms with van der Waals surface area (Å²) in [6.07, 6.45) is 0. The van der Waals surface area contributed by atoms with Crippen LogP contribution in [0.4, 0.5) is 4.39 Å². The van der Waals surface area contributed by atoms with Crippen LogP contribution in [0.1, 0.15) is 24.1 Å². The molecule has 0 bridgehead atoms. The summed E-state index contributed by atoms with van der Waals surface area (Å²) in [7, 11) is 0. The summed E-state index contributed by atoms with van der Waals surface area (Å²) < 4.78 is 15.1. The molecule has 0 aliphatic carbocycles. The van der Waals surface area contributed by atoms with E-state index in [1.54, 1.807) is 18.2 Å². The normalized spacial score (nSPS) is 12.7. The third kappa shape index (κ3) is 2.86. The molecule has 0 saturated heterocycles. The fourth-order valence-electron chi connectivity index (χ4n) is 1.85. The minimum Gasteiger partial charge on any atom is -0.306 e. The fraction of sp³-hybridized carbons (Fsp3) is 0.231. The highest BCUT2D eigenvalue weighted by atomic mass is 35.5. The Balaban J connectivity index is 2.46. The maximum Gasteiger partial charge on any atom is 0.128 e. The average molecular weight is 304 g/mol. The van der Waals surface area contributed by atoms with Crippen molar-refractivity contribution in [2.45, 2.75) is 13.0 Å². The number of nitrogens with one attached hydrogen (secondary N) is 1. The molecule has 1 unspecified atom stereocenters. The highest BCUT2D eigenvalue weighted by Crippen LogP contribution is 2.37. The molecule has 0 fully saturated rings. The van der Waals surface area contributed by atoms with Crippen LogP contribution in [0.15, 0.2) is 30.3 Å². The largest absolute Gasteiger partial charge is 0.306 e. The van der Waals surface area contributed by atoms with Crippen molar-refractivity contribution < 1.29 is 4.39 Å². The first-order valence-corrected chi connectivity index (χ1v) is 7.13. The zero-order chi connectivity index (χ0) is 13.1. The smallest absolute Gasteiger partial charge is 0.128 e.